The molecule has 0 aromatic heterocycles. The Labute approximate surface area is 128 Å². The Hall–Kier alpha value is -1.06. The van der Waals surface area contributed by atoms with Gasteiger partial charge in [0.2, 0.25) is 11.8 Å². The lowest BCUT2D eigenvalue weighted by Gasteiger charge is -2.25. The number of hydrogen-bond acceptors (Lipinski definition) is 2. The second kappa shape index (κ2) is 7.81. The summed E-state index contributed by atoms with van der Waals surface area (Å²) in [5, 5.41) is 2.89. The van der Waals surface area contributed by atoms with Gasteiger partial charge in [0.05, 0.1) is 0 Å². The smallest absolute Gasteiger partial charge is 0.245 e. The molecule has 1 saturated carbocycles. The van der Waals surface area contributed by atoms with Gasteiger partial charge >= 0.3 is 0 Å². The van der Waals surface area contributed by atoms with Crippen molar-refractivity contribution in [3.63, 3.8) is 0 Å². The van der Waals surface area contributed by atoms with E-state index in [1.54, 1.807) is 0 Å². The molecule has 1 atom stereocenters. The maximum absolute atomic E-state index is 12.6. The average molecular weight is 294 g/mol. The summed E-state index contributed by atoms with van der Waals surface area (Å²) in [5.74, 6) is 1.43. The predicted molar refractivity (Wildman–Crippen MR) is 83.8 cm³/mol. The van der Waals surface area contributed by atoms with Gasteiger partial charge in [0, 0.05) is 19.5 Å². The first-order valence-corrected chi connectivity index (χ1v) is 8.64. The maximum atomic E-state index is 12.6. The standard InChI is InChI=1S/C17H30N2O2/c1-13(2)12-15-17(21)19(11-9-16(20)18-15)10-5-8-14-6-3-4-7-14/h13-15H,3-12H2,1-2H3,(H,18,20). The number of carbonyl (C=O) groups excluding carboxylic acids is 2. The van der Waals surface area contributed by atoms with Crippen molar-refractivity contribution in [1.29, 1.82) is 0 Å². The zero-order valence-electron chi connectivity index (χ0n) is 13.6. The van der Waals surface area contributed by atoms with Crippen molar-refractivity contribution in [2.75, 3.05) is 13.1 Å². The van der Waals surface area contributed by atoms with Gasteiger partial charge in [0.15, 0.2) is 0 Å². The van der Waals surface area contributed by atoms with Crippen LogP contribution in [0.4, 0.5) is 0 Å². The van der Waals surface area contributed by atoms with Gasteiger partial charge in [0.25, 0.3) is 0 Å². The molecule has 120 valence electrons. The quantitative estimate of drug-likeness (QED) is 0.819. The Morgan fingerprint density at radius 2 is 1.95 bits per heavy atom. The van der Waals surface area contributed by atoms with Crippen molar-refractivity contribution in [2.24, 2.45) is 11.8 Å². The zero-order valence-corrected chi connectivity index (χ0v) is 13.6. The molecular formula is C17H30N2O2. The van der Waals surface area contributed by atoms with Gasteiger partial charge < -0.3 is 10.2 Å². The third-order valence-corrected chi connectivity index (χ3v) is 4.78. The summed E-state index contributed by atoms with van der Waals surface area (Å²) in [5.41, 5.74) is 0. The number of hydrogen-bond donors (Lipinski definition) is 1. The minimum absolute atomic E-state index is 0.0206. The van der Waals surface area contributed by atoms with Gasteiger partial charge in [0.1, 0.15) is 6.04 Å². The fourth-order valence-corrected chi connectivity index (χ4v) is 3.62. The Kier molecular flexibility index (Phi) is 6.07. The number of nitrogens with one attached hydrogen (secondary N) is 1. The molecule has 2 amide bonds. The maximum Gasteiger partial charge on any atom is 0.245 e. The molecule has 21 heavy (non-hydrogen) atoms. The van der Waals surface area contributed by atoms with E-state index in [-0.39, 0.29) is 17.9 Å². The molecule has 2 fully saturated rings. The minimum atomic E-state index is -0.313. The minimum Gasteiger partial charge on any atom is -0.344 e. The van der Waals surface area contributed by atoms with E-state index < -0.39 is 0 Å². The third kappa shape index (κ3) is 5.01. The topological polar surface area (TPSA) is 49.4 Å². The summed E-state index contributed by atoms with van der Waals surface area (Å²) in [4.78, 5) is 26.2. The molecule has 0 bridgehead atoms. The molecule has 0 radical (unpaired) electrons. The van der Waals surface area contributed by atoms with Gasteiger partial charge in [-0.05, 0) is 31.1 Å². The summed E-state index contributed by atoms with van der Waals surface area (Å²) >= 11 is 0. The van der Waals surface area contributed by atoms with E-state index in [0.29, 0.717) is 18.9 Å². The van der Waals surface area contributed by atoms with Gasteiger partial charge in [-0.1, -0.05) is 39.5 Å². The van der Waals surface area contributed by atoms with Gasteiger partial charge in [-0.2, -0.15) is 0 Å². The van der Waals surface area contributed by atoms with Crippen LogP contribution in [0.3, 0.4) is 0 Å². The van der Waals surface area contributed by atoms with E-state index in [1.807, 2.05) is 4.90 Å². The fourth-order valence-electron chi connectivity index (χ4n) is 3.62. The lowest BCUT2D eigenvalue weighted by molar-refractivity contribution is -0.134. The Balaban J connectivity index is 1.84. The van der Waals surface area contributed by atoms with Crippen LogP contribution in [0.1, 0.15) is 65.2 Å². The van der Waals surface area contributed by atoms with E-state index in [0.717, 1.165) is 25.3 Å². The summed E-state index contributed by atoms with van der Waals surface area (Å²) in [7, 11) is 0. The highest BCUT2D eigenvalue weighted by Crippen LogP contribution is 2.28. The van der Waals surface area contributed by atoms with Crippen LogP contribution in [0.25, 0.3) is 0 Å². The lowest BCUT2D eigenvalue weighted by Crippen LogP contribution is -2.45. The number of carbonyl (C=O) groups is 2. The molecule has 0 aromatic rings. The van der Waals surface area contributed by atoms with Crippen LogP contribution in [0, 0.1) is 11.8 Å². The first kappa shape index (κ1) is 16.3. The molecule has 1 saturated heterocycles. The van der Waals surface area contributed by atoms with Crippen LogP contribution in [0.2, 0.25) is 0 Å². The zero-order chi connectivity index (χ0) is 15.2. The van der Waals surface area contributed by atoms with Crippen molar-refractivity contribution in [3.8, 4) is 0 Å². The normalized spacial score (nSPS) is 24.5. The monoisotopic (exact) mass is 294 g/mol. The molecule has 4 nitrogen and oxygen atoms in total. The van der Waals surface area contributed by atoms with Crippen LogP contribution in [0.15, 0.2) is 0 Å². The van der Waals surface area contributed by atoms with Gasteiger partial charge in [-0.15, -0.1) is 0 Å². The van der Waals surface area contributed by atoms with Crippen molar-refractivity contribution >= 4 is 11.8 Å². The molecule has 2 aliphatic rings. The highest BCUT2D eigenvalue weighted by molar-refractivity contribution is 5.89. The second-order valence-corrected chi connectivity index (χ2v) is 7.12. The van der Waals surface area contributed by atoms with E-state index in [1.165, 1.54) is 32.1 Å². The van der Waals surface area contributed by atoms with Crippen LogP contribution < -0.4 is 5.32 Å². The van der Waals surface area contributed by atoms with Crippen LogP contribution in [-0.2, 0) is 9.59 Å². The molecular weight excluding hydrogens is 264 g/mol. The fraction of sp³-hybridized carbons (Fsp3) is 0.882. The van der Waals surface area contributed by atoms with Crippen molar-refractivity contribution in [2.45, 2.75) is 71.3 Å². The SMILES string of the molecule is CC(C)CC1NC(=O)CCN(CCCC2CCCC2)C1=O. The Morgan fingerprint density at radius 1 is 1.24 bits per heavy atom. The van der Waals surface area contributed by atoms with Crippen LogP contribution in [-0.4, -0.2) is 35.8 Å². The molecule has 0 aromatic carbocycles. The van der Waals surface area contributed by atoms with Gasteiger partial charge in [-0.3, -0.25) is 9.59 Å². The summed E-state index contributed by atoms with van der Waals surface area (Å²) < 4.78 is 0. The lowest BCUT2D eigenvalue weighted by atomic mass is 10.0. The molecule has 0 spiro atoms. The molecule has 4 heteroatoms. The molecule has 1 aliphatic heterocycles. The highest BCUT2D eigenvalue weighted by Gasteiger charge is 2.30. The van der Waals surface area contributed by atoms with Gasteiger partial charge in [-0.25, -0.2) is 0 Å². The van der Waals surface area contributed by atoms with Crippen LogP contribution in [0.5, 0.6) is 0 Å². The first-order chi connectivity index (χ1) is 10.1. The highest BCUT2D eigenvalue weighted by atomic mass is 16.2. The molecule has 2 rings (SSSR count). The second-order valence-electron chi connectivity index (χ2n) is 7.12. The largest absolute Gasteiger partial charge is 0.344 e. The Morgan fingerprint density at radius 3 is 2.62 bits per heavy atom. The van der Waals surface area contributed by atoms with Crippen molar-refractivity contribution in [1.82, 2.24) is 10.2 Å². The average Bonchev–Trinajstić information content (AvgIpc) is 2.89. The van der Waals surface area contributed by atoms with E-state index in [2.05, 4.69) is 19.2 Å². The molecule has 1 heterocycles. The van der Waals surface area contributed by atoms with Crippen molar-refractivity contribution in [3.05, 3.63) is 0 Å². The van der Waals surface area contributed by atoms with E-state index in [4.69, 9.17) is 0 Å². The summed E-state index contributed by atoms with van der Waals surface area (Å²) in [6, 6.07) is -0.313. The van der Waals surface area contributed by atoms with Crippen LogP contribution >= 0.6 is 0 Å². The molecule has 1 N–H and O–H groups in total. The molecule has 1 unspecified atom stereocenters. The number of rotatable bonds is 6. The third-order valence-electron chi connectivity index (χ3n) is 4.78. The Bertz CT molecular complexity index is 362. The van der Waals surface area contributed by atoms with E-state index in [9.17, 15) is 9.59 Å². The van der Waals surface area contributed by atoms with Crippen molar-refractivity contribution < 1.29 is 9.59 Å². The number of amides is 2. The molecule has 1 aliphatic carbocycles. The first-order valence-electron chi connectivity index (χ1n) is 8.64. The summed E-state index contributed by atoms with van der Waals surface area (Å²) in [6.07, 6.45) is 8.99. The van der Waals surface area contributed by atoms with E-state index >= 15 is 0 Å². The summed E-state index contributed by atoms with van der Waals surface area (Å²) in [6.45, 7) is 5.59. The predicted octanol–water partition coefficient (Wildman–Crippen LogP) is 2.72. The number of nitrogens with zero attached hydrogens (tertiary/aromatic N) is 1.